The summed E-state index contributed by atoms with van der Waals surface area (Å²) in [6.07, 6.45) is 0. The summed E-state index contributed by atoms with van der Waals surface area (Å²) in [7, 11) is 0. The Labute approximate surface area is 89.1 Å². The number of thioether (sulfide) groups is 2. The standard InChI is InChI=1S/C9H18N2S2/c1-7(2)9(10)11-5-8-6-12-3-4-13-8/h7-8H,3-6H2,1-2H3,(H2,10,11). The highest BCUT2D eigenvalue weighted by atomic mass is 32.2. The van der Waals surface area contributed by atoms with Crippen LogP contribution in [0.15, 0.2) is 4.99 Å². The Morgan fingerprint density at radius 1 is 1.54 bits per heavy atom. The van der Waals surface area contributed by atoms with E-state index in [0.717, 1.165) is 12.4 Å². The second-order valence-electron chi connectivity index (χ2n) is 3.49. The summed E-state index contributed by atoms with van der Waals surface area (Å²) in [5.74, 6) is 4.99. The van der Waals surface area contributed by atoms with Crippen LogP contribution in [0, 0.1) is 5.92 Å². The largest absolute Gasteiger partial charge is 0.387 e. The number of amidine groups is 1. The van der Waals surface area contributed by atoms with Gasteiger partial charge >= 0.3 is 0 Å². The van der Waals surface area contributed by atoms with Crippen LogP contribution in [0.3, 0.4) is 0 Å². The molecule has 0 saturated carbocycles. The second kappa shape index (κ2) is 5.81. The Morgan fingerprint density at radius 3 is 2.85 bits per heavy atom. The van der Waals surface area contributed by atoms with E-state index < -0.39 is 0 Å². The van der Waals surface area contributed by atoms with E-state index in [1.165, 1.54) is 17.3 Å². The highest BCUT2D eigenvalue weighted by molar-refractivity contribution is 8.06. The first-order valence-corrected chi connectivity index (χ1v) is 6.89. The van der Waals surface area contributed by atoms with Gasteiger partial charge < -0.3 is 5.73 Å². The van der Waals surface area contributed by atoms with Gasteiger partial charge in [-0.2, -0.15) is 23.5 Å². The summed E-state index contributed by atoms with van der Waals surface area (Å²) < 4.78 is 0. The molecule has 2 nitrogen and oxygen atoms in total. The molecule has 13 heavy (non-hydrogen) atoms. The van der Waals surface area contributed by atoms with Crippen LogP contribution in [-0.4, -0.2) is 34.9 Å². The highest BCUT2D eigenvalue weighted by Crippen LogP contribution is 2.23. The van der Waals surface area contributed by atoms with Crippen molar-refractivity contribution < 1.29 is 0 Å². The third kappa shape index (κ3) is 4.27. The van der Waals surface area contributed by atoms with Gasteiger partial charge in [-0.25, -0.2) is 0 Å². The number of hydrogen-bond acceptors (Lipinski definition) is 3. The second-order valence-corrected chi connectivity index (χ2v) is 6.05. The van der Waals surface area contributed by atoms with Crippen LogP contribution in [0.25, 0.3) is 0 Å². The molecule has 1 heterocycles. The number of nitrogens with zero attached hydrogens (tertiary/aromatic N) is 1. The van der Waals surface area contributed by atoms with E-state index in [2.05, 4.69) is 18.8 Å². The topological polar surface area (TPSA) is 38.4 Å². The lowest BCUT2D eigenvalue weighted by atomic mass is 10.2. The monoisotopic (exact) mass is 218 g/mol. The predicted molar refractivity (Wildman–Crippen MR) is 64.9 cm³/mol. The Bertz CT molecular complexity index is 174. The molecule has 1 saturated heterocycles. The molecule has 76 valence electrons. The van der Waals surface area contributed by atoms with Crippen LogP contribution in [0.5, 0.6) is 0 Å². The van der Waals surface area contributed by atoms with Crippen molar-refractivity contribution in [2.45, 2.75) is 19.1 Å². The quantitative estimate of drug-likeness (QED) is 0.580. The van der Waals surface area contributed by atoms with E-state index in [4.69, 9.17) is 5.73 Å². The van der Waals surface area contributed by atoms with Crippen molar-refractivity contribution in [1.82, 2.24) is 0 Å². The molecule has 0 aliphatic carbocycles. The van der Waals surface area contributed by atoms with E-state index in [1.807, 2.05) is 23.5 Å². The molecule has 4 heteroatoms. The Hall–Kier alpha value is 0.170. The number of aliphatic imine (C=N–C) groups is 1. The maximum atomic E-state index is 5.77. The van der Waals surface area contributed by atoms with Gasteiger partial charge in [0.15, 0.2) is 0 Å². The fraction of sp³-hybridized carbons (Fsp3) is 0.889. The van der Waals surface area contributed by atoms with Gasteiger partial charge in [-0.3, -0.25) is 4.99 Å². The van der Waals surface area contributed by atoms with Crippen molar-refractivity contribution >= 4 is 29.4 Å². The smallest absolute Gasteiger partial charge is 0.0963 e. The Morgan fingerprint density at radius 2 is 2.31 bits per heavy atom. The molecule has 1 aliphatic rings. The molecule has 2 N–H and O–H groups in total. The molecule has 0 bridgehead atoms. The zero-order chi connectivity index (χ0) is 9.68. The zero-order valence-corrected chi connectivity index (χ0v) is 9.96. The van der Waals surface area contributed by atoms with Crippen molar-refractivity contribution in [1.29, 1.82) is 0 Å². The van der Waals surface area contributed by atoms with Gasteiger partial charge in [0.1, 0.15) is 0 Å². The molecule has 1 rings (SSSR count). The van der Waals surface area contributed by atoms with Crippen LogP contribution in [0.4, 0.5) is 0 Å². The predicted octanol–water partition coefficient (Wildman–Crippen LogP) is 1.85. The lowest BCUT2D eigenvalue weighted by molar-refractivity contribution is 0.847. The number of hydrogen-bond donors (Lipinski definition) is 1. The van der Waals surface area contributed by atoms with Crippen LogP contribution in [0.1, 0.15) is 13.8 Å². The molecule has 0 spiro atoms. The van der Waals surface area contributed by atoms with E-state index >= 15 is 0 Å². The first-order chi connectivity index (χ1) is 6.20. The average molecular weight is 218 g/mol. The van der Waals surface area contributed by atoms with Crippen LogP contribution >= 0.6 is 23.5 Å². The van der Waals surface area contributed by atoms with E-state index in [9.17, 15) is 0 Å². The van der Waals surface area contributed by atoms with Crippen molar-refractivity contribution in [2.75, 3.05) is 23.8 Å². The summed E-state index contributed by atoms with van der Waals surface area (Å²) in [6, 6.07) is 0. The van der Waals surface area contributed by atoms with Crippen LogP contribution in [0.2, 0.25) is 0 Å². The molecular formula is C9H18N2S2. The molecule has 1 aliphatic heterocycles. The molecule has 1 atom stereocenters. The fourth-order valence-electron chi connectivity index (χ4n) is 1.03. The molecule has 1 fully saturated rings. The summed E-state index contributed by atoms with van der Waals surface area (Å²) in [4.78, 5) is 4.41. The fourth-order valence-corrected chi connectivity index (χ4v) is 3.61. The Kier molecular flexibility index (Phi) is 5.02. The van der Waals surface area contributed by atoms with E-state index in [0.29, 0.717) is 11.2 Å². The summed E-state index contributed by atoms with van der Waals surface area (Å²) in [5.41, 5.74) is 5.77. The van der Waals surface area contributed by atoms with Gasteiger partial charge in [-0.05, 0) is 0 Å². The molecule has 0 aromatic heterocycles. The lowest BCUT2D eigenvalue weighted by Crippen LogP contribution is -2.23. The van der Waals surface area contributed by atoms with Gasteiger partial charge in [-0.1, -0.05) is 13.8 Å². The van der Waals surface area contributed by atoms with Crippen molar-refractivity contribution in [3.8, 4) is 0 Å². The van der Waals surface area contributed by atoms with Crippen LogP contribution < -0.4 is 5.73 Å². The lowest BCUT2D eigenvalue weighted by Gasteiger charge is -2.19. The first-order valence-electron chi connectivity index (χ1n) is 4.69. The maximum absolute atomic E-state index is 5.77. The zero-order valence-electron chi connectivity index (χ0n) is 8.32. The molecule has 0 radical (unpaired) electrons. The van der Waals surface area contributed by atoms with Gasteiger partial charge in [0.2, 0.25) is 0 Å². The van der Waals surface area contributed by atoms with E-state index in [-0.39, 0.29) is 0 Å². The van der Waals surface area contributed by atoms with E-state index in [1.54, 1.807) is 0 Å². The highest BCUT2D eigenvalue weighted by Gasteiger charge is 2.13. The van der Waals surface area contributed by atoms with Crippen LogP contribution in [-0.2, 0) is 0 Å². The molecule has 1 unspecified atom stereocenters. The minimum atomic E-state index is 0.390. The number of nitrogens with two attached hydrogens (primary N) is 1. The molecule has 0 aromatic carbocycles. The first kappa shape index (κ1) is 11.2. The van der Waals surface area contributed by atoms with Crippen molar-refractivity contribution in [3.63, 3.8) is 0 Å². The minimum Gasteiger partial charge on any atom is -0.387 e. The third-order valence-electron chi connectivity index (χ3n) is 1.95. The van der Waals surface area contributed by atoms with Crippen molar-refractivity contribution in [3.05, 3.63) is 0 Å². The SMILES string of the molecule is CC(C)C(N)=NCC1CSCCS1. The van der Waals surface area contributed by atoms with Gasteiger partial charge in [0, 0.05) is 28.4 Å². The average Bonchev–Trinajstić information content (AvgIpc) is 2.15. The third-order valence-corrected chi connectivity index (χ3v) is 4.78. The summed E-state index contributed by atoms with van der Waals surface area (Å²) in [5, 5.41) is 0.691. The summed E-state index contributed by atoms with van der Waals surface area (Å²) >= 11 is 4.07. The molecule has 0 amide bonds. The molecule has 0 aromatic rings. The van der Waals surface area contributed by atoms with Gasteiger partial charge in [0.05, 0.1) is 12.4 Å². The number of rotatable bonds is 3. The normalized spacial score (nSPS) is 25.2. The Balaban J connectivity index is 2.27. The van der Waals surface area contributed by atoms with Crippen molar-refractivity contribution in [2.24, 2.45) is 16.6 Å². The summed E-state index contributed by atoms with van der Waals surface area (Å²) in [6.45, 7) is 5.07. The molecular weight excluding hydrogens is 200 g/mol. The van der Waals surface area contributed by atoms with Gasteiger partial charge in [0.25, 0.3) is 0 Å². The minimum absolute atomic E-state index is 0.390. The maximum Gasteiger partial charge on any atom is 0.0963 e. The van der Waals surface area contributed by atoms with Gasteiger partial charge in [-0.15, -0.1) is 0 Å².